The summed E-state index contributed by atoms with van der Waals surface area (Å²) >= 11 is 1.85. The van der Waals surface area contributed by atoms with Crippen LogP contribution in [0.25, 0.3) is 10.9 Å². The zero-order valence-corrected chi connectivity index (χ0v) is 8.77. The molecular weight excluding hydrogens is 178 g/mol. The van der Waals surface area contributed by atoms with Crippen LogP contribution in [-0.2, 0) is 5.88 Å². The minimum Gasteiger partial charge on any atom is -0.335 e. The van der Waals surface area contributed by atoms with E-state index in [0.717, 1.165) is 5.88 Å². The number of hydrogen-bond acceptors (Lipinski definition) is 1. The van der Waals surface area contributed by atoms with E-state index < -0.39 is 0 Å². The first-order valence-corrected chi connectivity index (χ1v) is 5.76. The quantitative estimate of drug-likeness (QED) is 0.705. The maximum Gasteiger partial charge on any atom is 0.0682 e. The second-order valence-electron chi connectivity index (χ2n) is 3.19. The summed E-state index contributed by atoms with van der Waals surface area (Å²) in [6.07, 6.45) is 2.13. The van der Waals surface area contributed by atoms with Crippen LogP contribution in [0.2, 0.25) is 0 Å². The van der Waals surface area contributed by atoms with E-state index in [9.17, 15) is 0 Å². The minimum atomic E-state index is 1.04. The topological polar surface area (TPSA) is 4.93 Å². The molecule has 13 heavy (non-hydrogen) atoms. The Balaban J connectivity index is 2.64. The fourth-order valence-electron chi connectivity index (χ4n) is 1.65. The molecule has 0 bridgehead atoms. The number of rotatable bonds is 2. The fraction of sp³-hybridized carbons (Fsp3) is 0.273. The standard InChI is InChI=1S/C11H13NS/c1-9-7-10-5-3-4-6-11(10)12(9)8-13-2/h3-7H,8H2,1-2H3. The molecular formula is C11H13NS. The largest absolute Gasteiger partial charge is 0.335 e. The molecule has 1 aromatic heterocycles. The van der Waals surface area contributed by atoms with Crippen molar-refractivity contribution in [1.29, 1.82) is 0 Å². The molecule has 68 valence electrons. The molecule has 0 unspecified atom stereocenters. The van der Waals surface area contributed by atoms with Crippen molar-refractivity contribution < 1.29 is 0 Å². The molecule has 0 N–H and O–H groups in total. The Bertz CT molecular complexity index is 417. The first-order chi connectivity index (χ1) is 6.33. The van der Waals surface area contributed by atoms with Crippen LogP contribution < -0.4 is 0 Å². The fourth-order valence-corrected chi connectivity index (χ4v) is 2.25. The summed E-state index contributed by atoms with van der Waals surface area (Å²) in [6.45, 7) is 2.16. The lowest BCUT2D eigenvalue weighted by atomic mass is 10.2. The van der Waals surface area contributed by atoms with Crippen molar-refractivity contribution in [2.24, 2.45) is 0 Å². The van der Waals surface area contributed by atoms with Gasteiger partial charge in [-0.2, -0.15) is 0 Å². The van der Waals surface area contributed by atoms with Crippen LogP contribution in [0, 0.1) is 6.92 Å². The van der Waals surface area contributed by atoms with Gasteiger partial charge in [0.15, 0.2) is 0 Å². The summed E-state index contributed by atoms with van der Waals surface area (Å²) in [5.41, 5.74) is 2.69. The molecule has 0 radical (unpaired) electrons. The van der Waals surface area contributed by atoms with Gasteiger partial charge >= 0.3 is 0 Å². The zero-order valence-electron chi connectivity index (χ0n) is 7.95. The Labute approximate surface area is 82.8 Å². The first-order valence-electron chi connectivity index (χ1n) is 4.37. The second-order valence-corrected chi connectivity index (χ2v) is 4.03. The van der Waals surface area contributed by atoms with Crippen LogP contribution in [0.4, 0.5) is 0 Å². The summed E-state index contributed by atoms with van der Waals surface area (Å²) in [5.74, 6) is 1.04. The zero-order chi connectivity index (χ0) is 9.26. The van der Waals surface area contributed by atoms with Crippen LogP contribution >= 0.6 is 11.8 Å². The van der Waals surface area contributed by atoms with E-state index in [2.05, 4.69) is 48.1 Å². The first kappa shape index (κ1) is 8.70. The van der Waals surface area contributed by atoms with Crippen molar-refractivity contribution in [1.82, 2.24) is 4.57 Å². The van der Waals surface area contributed by atoms with E-state index in [0.29, 0.717) is 0 Å². The van der Waals surface area contributed by atoms with Gasteiger partial charge in [0, 0.05) is 11.2 Å². The number of para-hydroxylation sites is 1. The third kappa shape index (κ3) is 1.46. The number of nitrogens with zero attached hydrogens (tertiary/aromatic N) is 1. The van der Waals surface area contributed by atoms with Gasteiger partial charge in [-0.05, 0) is 30.7 Å². The molecule has 1 aromatic carbocycles. The van der Waals surface area contributed by atoms with Crippen molar-refractivity contribution >= 4 is 22.7 Å². The van der Waals surface area contributed by atoms with E-state index in [4.69, 9.17) is 0 Å². The number of aromatic nitrogens is 1. The van der Waals surface area contributed by atoms with E-state index >= 15 is 0 Å². The Kier molecular flexibility index (Phi) is 2.32. The smallest absolute Gasteiger partial charge is 0.0682 e. The van der Waals surface area contributed by atoms with Crippen LogP contribution in [0.15, 0.2) is 30.3 Å². The van der Waals surface area contributed by atoms with Crippen LogP contribution in [0.5, 0.6) is 0 Å². The summed E-state index contributed by atoms with van der Waals surface area (Å²) in [6, 6.07) is 10.8. The molecule has 2 heteroatoms. The Morgan fingerprint density at radius 1 is 1.31 bits per heavy atom. The van der Waals surface area contributed by atoms with Crippen LogP contribution in [-0.4, -0.2) is 10.8 Å². The lowest BCUT2D eigenvalue weighted by molar-refractivity contribution is 0.897. The monoisotopic (exact) mass is 191 g/mol. The molecule has 1 nitrogen and oxygen atoms in total. The predicted octanol–water partition coefficient (Wildman–Crippen LogP) is 3.27. The molecule has 0 spiro atoms. The Hall–Kier alpha value is -0.890. The van der Waals surface area contributed by atoms with E-state index in [1.807, 2.05) is 11.8 Å². The van der Waals surface area contributed by atoms with Crippen molar-refractivity contribution in [3.8, 4) is 0 Å². The molecule has 2 aromatic rings. The number of fused-ring (bicyclic) bond motifs is 1. The van der Waals surface area contributed by atoms with Gasteiger partial charge < -0.3 is 4.57 Å². The molecule has 0 fully saturated rings. The third-order valence-corrected chi connectivity index (χ3v) is 2.79. The highest BCUT2D eigenvalue weighted by Crippen LogP contribution is 2.20. The van der Waals surface area contributed by atoms with Gasteiger partial charge in [0.1, 0.15) is 0 Å². The summed E-state index contributed by atoms with van der Waals surface area (Å²) in [7, 11) is 0. The molecule has 0 aliphatic rings. The SMILES string of the molecule is CSCn1c(C)cc2ccccc21. The van der Waals surface area contributed by atoms with Gasteiger partial charge in [0.25, 0.3) is 0 Å². The average Bonchev–Trinajstić information content (AvgIpc) is 2.44. The third-order valence-electron chi connectivity index (χ3n) is 2.28. The number of thioether (sulfide) groups is 1. The Morgan fingerprint density at radius 2 is 2.08 bits per heavy atom. The molecule has 0 saturated heterocycles. The highest BCUT2D eigenvalue weighted by atomic mass is 32.2. The average molecular weight is 191 g/mol. The lowest BCUT2D eigenvalue weighted by Crippen LogP contribution is -1.95. The molecule has 0 atom stereocenters. The summed E-state index contributed by atoms with van der Waals surface area (Å²) < 4.78 is 2.35. The van der Waals surface area contributed by atoms with Crippen molar-refractivity contribution in [3.63, 3.8) is 0 Å². The lowest BCUT2D eigenvalue weighted by Gasteiger charge is -2.04. The summed E-state index contributed by atoms with van der Waals surface area (Å²) in [4.78, 5) is 0. The maximum atomic E-state index is 2.35. The number of aryl methyl sites for hydroxylation is 1. The second kappa shape index (κ2) is 3.46. The van der Waals surface area contributed by atoms with Gasteiger partial charge in [-0.25, -0.2) is 0 Å². The highest BCUT2D eigenvalue weighted by molar-refractivity contribution is 7.97. The number of benzene rings is 1. The van der Waals surface area contributed by atoms with Crippen molar-refractivity contribution in [3.05, 3.63) is 36.0 Å². The minimum absolute atomic E-state index is 1.04. The molecule has 1 heterocycles. The van der Waals surface area contributed by atoms with Gasteiger partial charge in [0.2, 0.25) is 0 Å². The molecule has 0 amide bonds. The van der Waals surface area contributed by atoms with Crippen molar-refractivity contribution in [2.75, 3.05) is 6.26 Å². The van der Waals surface area contributed by atoms with Crippen LogP contribution in [0.3, 0.4) is 0 Å². The molecule has 0 saturated carbocycles. The van der Waals surface area contributed by atoms with Crippen LogP contribution in [0.1, 0.15) is 5.69 Å². The molecule has 2 rings (SSSR count). The van der Waals surface area contributed by atoms with Gasteiger partial charge in [-0.3, -0.25) is 0 Å². The Morgan fingerprint density at radius 3 is 2.85 bits per heavy atom. The van der Waals surface area contributed by atoms with Gasteiger partial charge in [-0.15, -0.1) is 11.8 Å². The van der Waals surface area contributed by atoms with E-state index in [1.54, 1.807) is 0 Å². The normalized spacial score (nSPS) is 10.9. The van der Waals surface area contributed by atoms with E-state index in [1.165, 1.54) is 16.6 Å². The number of hydrogen-bond donors (Lipinski definition) is 0. The summed E-state index contributed by atoms with van der Waals surface area (Å²) in [5, 5.41) is 1.34. The highest BCUT2D eigenvalue weighted by Gasteiger charge is 2.02. The van der Waals surface area contributed by atoms with Gasteiger partial charge in [-0.1, -0.05) is 18.2 Å². The maximum absolute atomic E-state index is 2.35. The van der Waals surface area contributed by atoms with Crippen molar-refractivity contribution in [2.45, 2.75) is 12.8 Å². The molecule has 0 aliphatic carbocycles. The predicted molar refractivity (Wildman–Crippen MR) is 60.2 cm³/mol. The molecule has 0 aliphatic heterocycles. The van der Waals surface area contributed by atoms with Gasteiger partial charge in [0.05, 0.1) is 5.88 Å². The van der Waals surface area contributed by atoms with E-state index in [-0.39, 0.29) is 0 Å².